The van der Waals surface area contributed by atoms with Gasteiger partial charge in [0, 0.05) is 6.42 Å². The molecule has 0 aromatic heterocycles. The Bertz CT molecular complexity index is 280. The summed E-state index contributed by atoms with van der Waals surface area (Å²) in [6.07, 6.45) is 0.591. The molecule has 1 heterocycles. The van der Waals surface area contributed by atoms with Crippen molar-refractivity contribution in [3.8, 4) is 0 Å². The largest absolute Gasteiger partial charge is 0.846 e. The van der Waals surface area contributed by atoms with E-state index in [1.54, 1.807) is 6.92 Å². The number of quaternary nitrogens is 1. The first-order valence-corrected chi connectivity index (χ1v) is 4.62. The molecule has 0 saturated carbocycles. The highest BCUT2D eigenvalue weighted by Crippen LogP contribution is 2.20. The average Bonchev–Trinajstić information content (AvgIpc) is 2.22. The minimum absolute atomic E-state index is 0.282. The highest BCUT2D eigenvalue weighted by atomic mass is 16.3. The second-order valence-corrected chi connectivity index (χ2v) is 4.91. The van der Waals surface area contributed by atoms with E-state index in [0.717, 1.165) is 11.0 Å². The molecule has 5 heteroatoms. The van der Waals surface area contributed by atoms with Crippen molar-refractivity contribution in [2.75, 3.05) is 27.7 Å². The normalized spacial score (nSPS) is 27.4. The number of nitrogens with one attached hydrogen (secondary N) is 1. The summed E-state index contributed by atoms with van der Waals surface area (Å²) in [4.78, 5) is 15.2. The Kier molecular flexibility index (Phi) is 2.54. The molecule has 0 radical (unpaired) electrons. The number of amides is 1. The Labute approximate surface area is 84.0 Å². The third-order valence-electron chi connectivity index (χ3n) is 2.33. The predicted octanol–water partition coefficient (Wildman–Crippen LogP) is -1.31. The lowest BCUT2D eigenvalue weighted by molar-refractivity contribution is -0.870. The van der Waals surface area contributed by atoms with Crippen molar-refractivity contribution in [2.24, 2.45) is 4.99 Å². The van der Waals surface area contributed by atoms with E-state index in [4.69, 9.17) is 0 Å². The maximum Gasteiger partial charge on any atom is 0.252 e. The molecule has 0 fully saturated rings. The fourth-order valence-corrected chi connectivity index (χ4v) is 1.26. The molecule has 0 saturated heterocycles. The van der Waals surface area contributed by atoms with E-state index in [-0.39, 0.29) is 5.91 Å². The van der Waals surface area contributed by atoms with E-state index in [1.807, 2.05) is 21.1 Å². The lowest BCUT2D eigenvalue weighted by Crippen LogP contribution is -2.44. The van der Waals surface area contributed by atoms with Crippen LogP contribution in [0.4, 0.5) is 0 Å². The molecule has 0 aliphatic carbocycles. The molecule has 1 unspecified atom stereocenters. The molecular weight excluding hydrogens is 182 g/mol. The zero-order valence-corrected chi connectivity index (χ0v) is 9.13. The van der Waals surface area contributed by atoms with Crippen molar-refractivity contribution in [1.82, 2.24) is 5.32 Å². The van der Waals surface area contributed by atoms with Crippen LogP contribution in [0.25, 0.3) is 0 Å². The lowest BCUT2D eigenvalue weighted by Gasteiger charge is -2.27. The Morgan fingerprint density at radius 3 is 2.43 bits per heavy atom. The Morgan fingerprint density at radius 2 is 2.07 bits per heavy atom. The van der Waals surface area contributed by atoms with Gasteiger partial charge in [-0.25, -0.2) is 0 Å². The number of hydrogen-bond donors (Lipinski definition) is 1. The van der Waals surface area contributed by atoms with E-state index < -0.39 is 11.6 Å². The van der Waals surface area contributed by atoms with Gasteiger partial charge in [0.05, 0.1) is 33.7 Å². The molecule has 80 valence electrons. The first-order chi connectivity index (χ1) is 6.23. The fourth-order valence-electron chi connectivity index (χ4n) is 1.26. The minimum Gasteiger partial charge on any atom is -0.846 e. The minimum atomic E-state index is -0.859. The predicted molar refractivity (Wildman–Crippen MR) is 51.5 cm³/mol. The van der Waals surface area contributed by atoms with Crippen molar-refractivity contribution in [2.45, 2.75) is 18.9 Å². The van der Waals surface area contributed by atoms with Crippen LogP contribution in [0.5, 0.6) is 0 Å². The second kappa shape index (κ2) is 3.24. The number of aliphatic imine (C=N–C) groups is 1. The van der Waals surface area contributed by atoms with Crippen LogP contribution in [-0.4, -0.2) is 49.6 Å². The van der Waals surface area contributed by atoms with Crippen LogP contribution in [0.2, 0.25) is 0 Å². The van der Waals surface area contributed by atoms with Crippen LogP contribution in [0.1, 0.15) is 13.3 Å². The molecule has 0 spiro atoms. The van der Waals surface area contributed by atoms with Crippen LogP contribution in [0.15, 0.2) is 4.99 Å². The number of rotatable bonds is 3. The van der Waals surface area contributed by atoms with Crippen molar-refractivity contribution in [3.63, 3.8) is 0 Å². The van der Waals surface area contributed by atoms with Gasteiger partial charge in [0.2, 0.25) is 0 Å². The van der Waals surface area contributed by atoms with Gasteiger partial charge in [-0.1, -0.05) is 0 Å². The van der Waals surface area contributed by atoms with Crippen molar-refractivity contribution >= 4 is 11.9 Å². The van der Waals surface area contributed by atoms with E-state index >= 15 is 0 Å². The first-order valence-electron chi connectivity index (χ1n) is 4.62. The number of nitrogens with zero attached hydrogens (tertiary/aromatic N) is 2. The molecular formula is C9H17N3O2. The van der Waals surface area contributed by atoms with Gasteiger partial charge in [0.15, 0.2) is 0 Å². The Balaban J connectivity index is 2.64. The van der Waals surface area contributed by atoms with Crippen LogP contribution >= 0.6 is 0 Å². The highest BCUT2D eigenvalue weighted by Gasteiger charge is 2.37. The van der Waals surface area contributed by atoms with E-state index in [0.29, 0.717) is 6.42 Å². The Hall–Kier alpha value is -1.10. The monoisotopic (exact) mass is 199 g/mol. The molecule has 0 aromatic rings. The molecule has 1 rings (SSSR count). The van der Waals surface area contributed by atoms with Gasteiger partial charge in [-0.3, -0.25) is 9.79 Å². The molecule has 5 nitrogen and oxygen atoms in total. The number of carbonyl (C=O) groups excluding carboxylic acids is 1. The topological polar surface area (TPSA) is 64.5 Å². The molecule has 1 amide bonds. The van der Waals surface area contributed by atoms with Crippen LogP contribution < -0.4 is 10.4 Å². The van der Waals surface area contributed by atoms with Crippen LogP contribution in [0.3, 0.4) is 0 Å². The highest BCUT2D eigenvalue weighted by molar-refractivity contribution is 6.03. The lowest BCUT2D eigenvalue weighted by atomic mass is 9.98. The van der Waals surface area contributed by atoms with Crippen LogP contribution in [0, 0.1) is 0 Å². The summed E-state index contributed by atoms with van der Waals surface area (Å²) in [5, 5.41) is 13.1. The van der Waals surface area contributed by atoms with E-state index in [1.165, 1.54) is 0 Å². The van der Waals surface area contributed by atoms with Gasteiger partial charge < -0.3 is 14.9 Å². The molecule has 0 bridgehead atoms. The van der Waals surface area contributed by atoms with Gasteiger partial charge in [-0.15, -0.1) is 0 Å². The molecule has 14 heavy (non-hydrogen) atoms. The summed E-state index contributed by atoms with van der Waals surface area (Å²) in [5.74, 6) is -0.282. The molecule has 1 N–H and O–H groups in total. The third kappa shape index (κ3) is 2.45. The average molecular weight is 199 g/mol. The van der Waals surface area contributed by atoms with E-state index in [9.17, 15) is 9.90 Å². The summed E-state index contributed by atoms with van der Waals surface area (Å²) < 4.78 is 0.757. The summed E-state index contributed by atoms with van der Waals surface area (Å²) >= 11 is 0. The summed E-state index contributed by atoms with van der Waals surface area (Å²) in [5.41, 5.74) is -0.859. The first kappa shape index (κ1) is 11.0. The van der Waals surface area contributed by atoms with Crippen molar-refractivity contribution < 1.29 is 14.4 Å². The number of carbonyl (C=O) groups is 1. The molecule has 1 atom stereocenters. The quantitative estimate of drug-likeness (QED) is 0.573. The molecule has 0 aromatic carbocycles. The summed E-state index contributed by atoms with van der Waals surface area (Å²) in [6.45, 7) is 2.50. The SMILES string of the molecule is CC1(CC[N+](C)(C)C)N=C([O-])NC1=O. The smallest absolute Gasteiger partial charge is 0.252 e. The van der Waals surface area contributed by atoms with Gasteiger partial charge in [0.1, 0.15) is 5.54 Å². The van der Waals surface area contributed by atoms with Gasteiger partial charge in [-0.05, 0) is 6.92 Å². The summed E-state index contributed by atoms with van der Waals surface area (Å²) in [6, 6.07) is -0.515. The zero-order chi connectivity index (χ0) is 11.0. The Morgan fingerprint density at radius 1 is 1.50 bits per heavy atom. The summed E-state index contributed by atoms with van der Waals surface area (Å²) in [7, 11) is 6.12. The standard InChI is InChI=1S/C9H17N3O2/c1-9(5-6-12(2,3)4)7(13)10-8(14)11-9/h5-6H2,1-4H3,(H-,10,11,13,14). The van der Waals surface area contributed by atoms with Crippen molar-refractivity contribution in [3.05, 3.63) is 0 Å². The maximum absolute atomic E-state index is 11.4. The van der Waals surface area contributed by atoms with Gasteiger partial charge in [0.25, 0.3) is 5.91 Å². The van der Waals surface area contributed by atoms with Gasteiger partial charge >= 0.3 is 0 Å². The van der Waals surface area contributed by atoms with Crippen molar-refractivity contribution in [1.29, 1.82) is 0 Å². The second-order valence-electron chi connectivity index (χ2n) is 4.91. The third-order valence-corrected chi connectivity index (χ3v) is 2.33. The zero-order valence-electron chi connectivity index (χ0n) is 9.13. The van der Waals surface area contributed by atoms with E-state index in [2.05, 4.69) is 10.3 Å². The number of hydrogen-bond acceptors (Lipinski definition) is 3. The fraction of sp³-hybridized carbons (Fsp3) is 0.778. The van der Waals surface area contributed by atoms with Gasteiger partial charge in [-0.2, -0.15) is 0 Å². The number of amidine groups is 1. The maximum atomic E-state index is 11.4. The molecule has 1 aliphatic rings. The molecule has 1 aliphatic heterocycles. The van der Waals surface area contributed by atoms with Crippen LogP contribution in [-0.2, 0) is 4.79 Å².